The maximum Gasteiger partial charge on any atom is 0.269 e. The number of halogens is 1. The molecule has 1 fully saturated rings. The van der Waals surface area contributed by atoms with Gasteiger partial charge >= 0.3 is 0 Å². The molecule has 1 saturated heterocycles. The lowest BCUT2D eigenvalue weighted by atomic mass is 10.1. The van der Waals surface area contributed by atoms with Gasteiger partial charge in [-0.25, -0.2) is 4.99 Å². The van der Waals surface area contributed by atoms with Gasteiger partial charge in [-0.05, 0) is 53.4 Å². The Kier molecular flexibility index (Phi) is 6.25. The van der Waals surface area contributed by atoms with Crippen LogP contribution in [0, 0.1) is 0 Å². The van der Waals surface area contributed by atoms with E-state index in [1.165, 1.54) is 17.3 Å². The number of carbonyl (C=O) groups excluding carboxylic acids is 1. The van der Waals surface area contributed by atoms with E-state index in [0.29, 0.717) is 21.6 Å². The van der Waals surface area contributed by atoms with Gasteiger partial charge in [0.15, 0.2) is 5.17 Å². The standard InChI is InChI=1S/C29H22ClN3OS2/c1-32-24-18-21(30)14-15-25(24)35-28(32)26-27(34)33(17-16-19-8-3-2-4-9-19)29(36-26)31-23-13-7-11-20-10-5-6-12-22(20)23/h2-15,18H,16-17H2,1H3/b28-26-,31-29?. The van der Waals surface area contributed by atoms with Crippen LogP contribution in [0.1, 0.15) is 5.56 Å². The Balaban J connectivity index is 1.41. The highest BCUT2D eigenvalue weighted by atomic mass is 35.5. The van der Waals surface area contributed by atoms with Crippen LogP contribution in [0.25, 0.3) is 10.8 Å². The molecule has 0 radical (unpaired) electrons. The van der Waals surface area contributed by atoms with Crippen LogP contribution < -0.4 is 4.90 Å². The highest BCUT2D eigenvalue weighted by Gasteiger charge is 2.39. The lowest BCUT2D eigenvalue weighted by molar-refractivity contribution is -0.122. The summed E-state index contributed by atoms with van der Waals surface area (Å²) in [6, 6.07) is 30.4. The number of thioether (sulfide) groups is 2. The van der Waals surface area contributed by atoms with Crippen molar-refractivity contribution in [1.29, 1.82) is 0 Å². The van der Waals surface area contributed by atoms with Crippen LogP contribution in [0.5, 0.6) is 0 Å². The van der Waals surface area contributed by atoms with Gasteiger partial charge < -0.3 is 4.90 Å². The van der Waals surface area contributed by atoms with E-state index in [1.807, 2.05) is 72.6 Å². The number of fused-ring (bicyclic) bond motifs is 2. The summed E-state index contributed by atoms with van der Waals surface area (Å²) in [6.07, 6.45) is 0.753. The molecular weight excluding hydrogens is 506 g/mol. The lowest BCUT2D eigenvalue weighted by Crippen LogP contribution is -2.31. The van der Waals surface area contributed by atoms with Crippen LogP contribution >= 0.6 is 35.1 Å². The van der Waals surface area contributed by atoms with E-state index < -0.39 is 0 Å². The Hall–Kier alpha value is -3.19. The van der Waals surface area contributed by atoms with Crippen LogP contribution in [0.3, 0.4) is 0 Å². The number of carbonyl (C=O) groups is 1. The molecule has 2 aliphatic heterocycles. The van der Waals surface area contributed by atoms with Crippen molar-refractivity contribution in [3.63, 3.8) is 0 Å². The molecule has 0 bridgehead atoms. The van der Waals surface area contributed by atoms with Crippen molar-refractivity contribution in [1.82, 2.24) is 4.90 Å². The first-order valence-corrected chi connectivity index (χ1v) is 13.6. The van der Waals surface area contributed by atoms with Crippen LogP contribution in [-0.4, -0.2) is 29.6 Å². The van der Waals surface area contributed by atoms with Gasteiger partial charge in [0.1, 0.15) is 4.91 Å². The van der Waals surface area contributed by atoms with Crippen molar-refractivity contribution in [2.75, 3.05) is 18.5 Å². The number of hydrogen-bond donors (Lipinski definition) is 0. The van der Waals surface area contributed by atoms with E-state index in [2.05, 4.69) is 35.2 Å². The molecule has 36 heavy (non-hydrogen) atoms. The maximum atomic E-state index is 13.8. The fourth-order valence-corrected chi connectivity index (χ4v) is 6.94. The Morgan fingerprint density at radius 3 is 2.53 bits per heavy atom. The van der Waals surface area contributed by atoms with Crippen molar-refractivity contribution in [2.24, 2.45) is 4.99 Å². The van der Waals surface area contributed by atoms with Crippen molar-refractivity contribution >= 4 is 68.3 Å². The van der Waals surface area contributed by atoms with Gasteiger partial charge in [0.25, 0.3) is 5.91 Å². The third-order valence-electron chi connectivity index (χ3n) is 6.30. The van der Waals surface area contributed by atoms with E-state index >= 15 is 0 Å². The summed E-state index contributed by atoms with van der Waals surface area (Å²) in [7, 11) is 1.99. The molecule has 0 unspecified atom stereocenters. The zero-order valence-electron chi connectivity index (χ0n) is 19.5. The van der Waals surface area contributed by atoms with Gasteiger partial charge in [0, 0.05) is 28.9 Å². The molecule has 2 heterocycles. The number of nitrogens with zero attached hydrogens (tertiary/aromatic N) is 3. The van der Waals surface area contributed by atoms with Crippen LogP contribution in [0.15, 0.2) is 111 Å². The molecule has 0 aliphatic carbocycles. The molecule has 2 aliphatic rings. The molecule has 0 aromatic heterocycles. The second kappa shape index (κ2) is 9.69. The summed E-state index contributed by atoms with van der Waals surface area (Å²) >= 11 is 9.31. The van der Waals surface area contributed by atoms with Crippen molar-refractivity contribution < 1.29 is 4.79 Å². The molecule has 4 nitrogen and oxygen atoms in total. The van der Waals surface area contributed by atoms with Crippen molar-refractivity contribution in [2.45, 2.75) is 11.3 Å². The highest BCUT2D eigenvalue weighted by Crippen LogP contribution is 2.50. The maximum absolute atomic E-state index is 13.8. The Morgan fingerprint density at radius 2 is 1.67 bits per heavy atom. The van der Waals surface area contributed by atoms with Gasteiger partial charge in [0.2, 0.25) is 0 Å². The topological polar surface area (TPSA) is 35.9 Å². The van der Waals surface area contributed by atoms with E-state index in [-0.39, 0.29) is 5.91 Å². The number of amidine groups is 1. The molecule has 4 aromatic carbocycles. The van der Waals surface area contributed by atoms with Gasteiger partial charge in [-0.3, -0.25) is 9.69 Å². The van der Waals surface area contributed by atoms with Gasteiger partial charge in [-0.2, -0.15) is 0 Å². The largest absolute Gasteiger partial charge is 0.337 e. The van der Waals surface area contributed by atoms with Crippen molar-refractivity contribution in [3.05, 3.63) is 112 Å². The summed E-state index contributed by atoms with van der Waals surface area (Å²) in [6.45, 7) is 0.559. The molecule has 0 atom stereocenters. The Morgan fingerprint density at radius 1 is 0.889 bits per heavy atom. The average molecular weight is 528 g/mol. The average Bonchev–Trinajstić information content (AvgIpc) is 3.39. The summed E-state index contributed by atoms with van der Waals surface area (Å²) < 4.78 is 0. The first-order valence-electron chi connectivity index (χ1n) is 11.6. The number of hydrogen-bond acceptors (Lipinski definition) is 5. The number of amides is 1. The van der Waals surface area contributed by atoms with Gasteiger partial charge in [-0.1, -0.05) is 90.1 Å². The summed E-state index contributed by atoms with van der Waals surface area (Å²) in [4.78, 5) is 24.6. The highest BCUT2D eigenvalue weighted by molar-refractivity contribution is 8.19. The zero-order chi connectivity index (χ0) is 24.6. The smallest absolute Gasteiger partial charge is 0.269 e. The molecule has 0 spiro atoms. The van der Waals surface area contributed by atoms with E-state index in [9.17, 15) is 4.79 Å². The molecule has 6 rings (SSSR count). The Labute approximate surface area is 223 Å². The molecule has 7 heteroatoms. The third-order valence-corrected chi connectivity index (χ3v) is 8.97. The second-order valence-electron chi connectivity index (χ2n) is 8.59. The zero-order valence-corrected chi connectivity index (χ0v) is 21.9. The summed E-state index contributed by atoms with van der Waals surface area (Å²) in [5, 5.41) is 4.49. The second-order valence-corrected chi connectivity index (χ2v) is 11.0. The van der Waals surface area contributed by atoms with Crippen LogP contribution in [-0.2, 0) is 11.2 Å². The normalized spacial score (nSPS) is 18.5. The predicted molar refractivity (Wildman–Crippen MR) is 153 cm³/mol. The summed E-state index contributed by atoms with van der Waals surface area (Å²) in [5.74, 6) is -0.0110. The van der Waals surface area contributed by atoms with Crippen LogP contribution in [0.2, 0.25) is 5.02 Å². The third kappa shape index (κ3) is 4.30. The molecule has 4 aromatic rings. The van der Waals surface area contributed by atoms with Crippen LogP contribution in [0.4, 0.5) is 11.4 Å². The number of benzene rings is 4. The van der Waals surface area contributed by atoms with Gasteiger partial charge in [0.05, 0.1) is 16.4 Å². The van der Waals surface area contributed by atoms with E-state index in [1.54, 1.807) is 11.8 Å². The number of aliphatic imine (C=N–C) groups is 1. The molecule has 0 N–H and O–H groups in total. The minimum absolute atomic E-state index is 0.0110. The first kappa shape index (κ1) is 23.2. The van der Waals surface area contributed by atoms with Gasteiger partial charge in [-0.15, -0.1) is 0 Å². The molecular formula is C29H22ClN3OS2. The quantitative estimate of drug-likeness (QED) is 0.255. The number of rotatable bonds is 4. The molecule has 0 saturated carbocycles. The minimum Gasteiger partial charge on any atom is -0.337 e. The van der Waals surface area contributed by atoms with E-state index in [4.69, 9.17) is 16.6 Å². The predicted octanol–water partition coefficient (Wildman–Crippen LogP) is 7.71. The minimum atomic E-state index is -0.0110. The first-order chi connectivity index (χ1) is 17.6. The SMILES string of the molecule is CN1/C(=C2/SC(=Nc3cccc4ccccc34)N(CCc3ccccc3)C2=O)Sc2ccc(Cl)cc21. The van der Waals surface area contributed by atoms with E-state index in [0.717, 1.165) is 38.5 Å². The van der Waals surface area contributed by atoms with Crippen molar-refractivity contribution in [3.8, 4) is 0 Å². The fourth-order valence-electron chi connectivity index (χ4n) is 4.43. The lowest BCUT2D eigenvalue weighted by Gasteiger charge is -2.17. The molecule has 178 valence electrons. The number of anilines is 1. The monoisotopic (exact) mass is 527 g/mol. The molecule has 1 amide bonds. The fraction of sp³-hybridized carbons (Fsp3) is 0.103. The summed E-state index contributed by atoms with van der Waals surface area (Å²) in [5.41, 5.74) is 3.07. The Bertz CT molecular complexity index is 1550.